The van der Waals surface area contributed by atoms with Gasteiger partial charge >= 0.3 is 1.43 Å². The average molecular weight is 163 g/mol. The van der Waals surface area contributed by atoms with Crippen molar-refractivity contribution in [3.8, 4) is 0 Å². The molecule has 1 rings (SSSR count). The average Bonchev–Trinajstić information content (AvgIpc) is 2.02. The molecule has 0 radical (unpaired) electrons. The number of aryl methyl sites for hydroxylation is 1. The smallest absolute Gasteiger partial charge is 0.0622 e. The lowest BCUT2D eigenvalue weighted by Crippen LogP contribution is -2.06. The molecule has 0 N–H and O–H groups in total. The molecule has 0 saturated heterocycles. The minimum absolute atomic E-state index is 0. The first-order valence-electron chi connectivity index (χ1n) is 4.62. The van der Waals surface area contributed by atoms with Gasteiger partial charge in [-0.25, -0.2) is 0 Å². The van der Waals surface area contributed by atoms with Crippen molar-refractivity contribution in [1.82, 2.24) is 0 Å². The molecular formula is C12H19+. The Labute approximate surface area is 77.1 Å². The van der Waals surface area contributed by atoms with Gasteiger partial charge in [-0.05, 0) is 23.8 Å². The monoisotopic (exact) mass is 163 g/mol. The van der Waals surface area contributed by atoms with E-state index in [9.17, 15) is 0 Å². The maximum Gasteiger partial charge on any atom is 1.00 e. The van der Waals surface area contributed by atoms with Crippen molar-refractivity contribution < 1.29 is 1.43 Å². The molecule has 1 aromatic rings. The number of hydrogen-bond donors (Lipinski definition) is 0. The lowest BCUT2D eigenvalue weighted by atomic mass is 9.89. The summed E-state index contributed by atoms with van der Waals surface area (Å²) < 4.78 is 0. The molecule has 0 spiro atoms. The van der Waals surface area contributed by atoms with Crippen LogP contribution in [0.2, 0.25) is 0 Å². The third-order valence-corrected chi connectivity index (χ3v) is 2.01. The molecule has 0 atom stereocenters. The lowest BCUT2D eigenvalue weighted by molar-refractivity contribution is 0.378. The van der Waals surface area contributed by atoms with Gasteiger partial charge in [0.15, 0.2) is 0 Å². The van der Waals surface area contributed by atoms with Gasteiger partial charge in [0.1, 0.15) is 0 Å². The first-order chi connectivity index (χ1) is 5.58. The van der Waals surface area contributed by atoms with Gasteiger partial charge in [-0.15, -0.1) is 0 Å². The number of hydrogen-bond acceptors (Lipinski definition) is 0. The molecule has 66 valence electrons. The second-order valence-electron chi connectivity index (χ2n) is 4.55. The van der Waals surface area contributed by atoms with Crippen LogP contribution in [0, 0.1) is 5.41 Å². The fourth-order valence-electron chi connectivity index (χ4n) is 1.16. The van der Waals surface area contributed by atoms with Crippen LogP contribution in [0.25, 0.3) is 0 Å². The van der Waals surface area contributed by atoms with E-state index < -0.39 is 0 Å². The molecular weight excluding hydrogens is 144 g/mol. The van der Waals surface area contributed by atoms with Gasteiger partial charge in [0, 0.05) is 0 Å². The topological polar surface area (TPSA) is 0 Å². The lowest BCUT2D eigenvalue weighted by Gasteiger charge is -2.17. The van der Waals surface area contributed by atoms with Crippen LogP contribution in [0.15, 0.2) is 30.3 Å². The zero-order valence-electron chi connectivity index (χ0n) is 9.30. The highest BCUT2D eigenvalue weighted by atomic mass is 14.1. The second kappa shape index (κ2) is 3.75. The maximum absolute atomic E-state index is 2.29. The fourth-order valence-corrected chi connectivity index (χ4v) is 1.16. The molecule has 0 heteroatoms. The molecule has 0 aliphatic carbocycles. The van der Waals surface area contributed by atoms with Crippen molar-refractivity contribution in [1.29, 1.82) is 0 Å². The Bertz CT molecular complexity index is 221. The predicted molar refractivity (Wildman–Crippen MR) is 55.3 cm³/mol. The van der Waals surface area contributed by atoms with Crippen LogP contribution in [-0.2, 0) is 6.42 Å². The standard InChI is InChI=1S/C12H18/c1-12(2,3)10-9-11-7-5-4-6-8-11/h4-8H,9-10H2,1-3H3/p+1. The summed E-state index contributed by atoms with van der Waals surface area (Å²) in [5.74, 6) is 0. The summed E-state index contributed by atoms with van der Waals surface area (Å²) in [6.07, 6.45) is 2.46. The summed E-state index contributed by atoms with van der Waals surface area (Å²) in [4.78, 5) is 0. The minimum atomic E-state index is 0. The molecule has 12 heavy (non-hydrogen) atoms. The van der Waals surface area contributed by atoms with Gasteiger partial charge in [0.2, 0.25) is 0 Å². The normalized spacial score (nSPS) is 11.6. The summed E-state index contributed by atoms with van der Waals surface area (Å²) in [5, 5.41) is 0. The van der Waals surface area contributed by atoms with Crippen LogP contribution in [0.5, 0.6) is 0 Å². The van der Waals surface area contributed by atoms with E-state index in [1.165, 1.54) is 18.4 Å². The van der Waals surface area contributed by atoms with Gasteiger partial charge < -0.3 is 0 Å². The van der Waals surface area contributed by atoms with Crippen LogP contribution in [0.4, 0.5) is 0 Å². The van der Waals surface area contributed by atoms with Crippen LogP contribution < -0.4 is 0 Å². The van der Waals surface area contributed by atoms with Crippen molar-refractivity contribution >= 4 is 0 Å². The second-order valence-corrected chi connectivity index (χ2v) is 4.55. The molecule has 0 aliphatic rings. The highest BCUT2D eigenvalue weighted by Gasteiger charge is 2.09. The SMILES string of the molecule is CC(C)(C)CCc1ccccc1.[H+]. The van der Waals surface area contributed by atoms with Crippen molar-refractivity contribution in [2.45, 2.75) is 33.6 Å². The number of rotatable bonds is 2. The summed E-state index contributed by atoms with van der Waals surface area (Å²) in [5.41, 5.74) is 1.91. The van der Waals surface area contributed by atoms with Crippen molar-refractivity contribution in [2.75, 3.05) is 0 Å². The Balaban J connectivity index is 0.00000144. The minimum Gasteiger partial charge on any atom is -0.0622 e. The van der Waals surface area contributed by atoms with E-state index in [1.807, 2.05) is 0 Å². The van der Waals surface area contributed by atoms with E-state index in [4.69, 9.17) is 0 Å². The van der Waals surface area contributed by atoms with Gasteiger partial charge in [0.05, 0.1) is 0 Å². The summed E-state index contributed by atoms with van der Waals surface area (Å²) in [6.45, 7) is 6.86. The van der Waals surface area contributed by atoms with Gasteiger partial charge in [-0.3, -0.25) is 0 Å². The van der Waals surface area contributed by atoms with E-state index in [0.717, 1.165) is 0 Å². The molecule has 0 aromatic heterocycles. The summed E-state index contributed by atoms with van der Waals surface area (Å²) in [6, 6.07) is 10.7. The van der Waals surface area contributed by atoms with E-state index in [-0.39, 0.29) is 1.43 Å². The zero-order valence-corrected chi connectivity index (χ0v) is 8.30. The Morgan fingerprint density at radius 2 is 1.67 bits per heavy atom. The predicted octanol–water partition coefficient (Wildman–Crippen LogP) is 3.78. The highest BCUT2D eigenvalue weighted by molar-refractivity contribution is 5.14. The molecule has 0 unspecified atom stereocenters. The summed E-state index contributed by atoms with van der Waals surface area (Å²) in [7, 11) is 0. The maximum atomic E-state index is 2.29. The van der Waals surface area contributed by atoms with Crippen molar-refractivity contribution in [3.05, 3.63) is 35.9 Å². The Kier molecular flexibility index (Phi) is 2.91. The van der Waals surface area contributed by atoms with Crippen LogP contribution in [0.3, 0.4) is 0 Å². The quantitative estimate of drug-likeness (QED) is 0.622. The summed E-state index contributed by atoms with van der Waals surface area (Å²) >= 11 is 0. The molecule has 0 nitrogen and oxygen atoms in total. The van der Waals surface area contributed by atoms with Gasteiger partial charge in [-0.2, -0.15) is 0 Å². The van der Waals surface area contributed by atoms with Crippen LogP contribution in [0.1, 0.15) is 34.2 Å². The molecule has 0 fully saturated rings. The zero-order chi connectivity index (χ0) is 9.03. The Morgan fingerprint density at radius 1 is 1.08 bits per heavy atom. The van der Waals surface area contributed by atoms with E-state index >= 15 is 0 Å². The first-order valence-corrected chi connectivity index (χ1v) is 4.62. The van der Waals surface area contributed by atoms with E-state index in [2.05, 4.69) is 51.1 Å². The molecule has 0 bridgehead atoms. The Morgan fingerprint density at radius 3 is 2.17 bits per heavy atom. The van der Waals surface area contributed by atoms with E-state index in [1.54, 1.807) is 0 Å². The molecule has 0 aliphatic heterocycles. The number of benzene rings is 1. The van der Waals surface area contributed by atoms with Crippen LogP contribution in [-0.4, -0.2) is 0 Å². The largest absolute Gasteiger partial charge is 1.00 e. The molecule has 0 heterocycles. The molecule has 0 saturated carbocycles. The third kappa shape index (κ3) is 3.56. The van der Waals surface area contributed by atoms with Gasteiger partial charge in [-0.1, -0.05) is 51.1 Å². The first kappa shape index (κ1) is 9.31. The third-order valence-electron chi connectivity index (χ3n) is 2.01. The van der Waals surface area contributed by atoms with E-state index in [0.29, 0.717) is 5.41 Å². The molecule has 0 amide bonds. The van der Waals surface area contributed by atoms with Crippen molar-refractivity contribution in [2.24, 2.45) is 5.41 Å². The Hall–Kier alpha value is -0.780. The molecule has 1 aromatic carbocycles. The van der Waals surface area contributed by atoms with Crippen LogP contribution >= 0.6 is 0 Å². The fraction of sp³-hybridized carbons (Fsp3) is 0.500. The van der Waals surface area contributed by atoms with Gasteiger partial charge in [0.25, 0.3) is 0 Å². The van der Waals surface area contributed by atoms with Crippen molar-refractivity contribution in [3.63, 3.8) is 0 Å². The highest BCUT2D eigenvalue weighted by Crippen LogP contribution is 2.20.